The van der Waals surface area contributed by atoms with Crippen LogP contribution in [0.3, 0.4) is 0 Å². The van der Waals surface area contributed by atoms with Gasteiger partial charge >= 0.3 is 0 Å². The van der Waals surface area contributed by atoms with E-state index in [2.05, 4.69) is 0 Å². The van der Waals surface area contributed by atoms with Crippen LogP contribution in [0.5, 0.6) is 5.75 Å². The summed E-state index contributed by atoms with van der Waals surface area (Å²) in [6.07, 6.45) is 0. The van der Waals surface area contributed by atoms with Crippen molar-refractivity contribution < 1.29 is 13.9 Å². The Hall–Kier alpha value is -2.01. The number of rotatable bonds is 6. The highest BCUT2D eigenvalue weighted by atomic mass is 32.2. The van der Waals surface area contributed by atoms with Crippen LogP contribution >= 0.6 is 11.8 Å². The molecule has 110 valence electrons. The van der Waals surface area contributed by atoms with Gasteiger partial charge in [-0.1, -0.05) is 12.1 Å². The molecule has 0 aliphatic carbocycles. The van der Waals surface area contributed by atoms with Gasteiger partial charge in [0.05, 0.1) is 7.11 Å². The van der Waals surface area contributed by atoms with Crippen molar-refractivity contribution in [1.82, 2.24) is 0 Å². The van der Waals surface area contributed by atoms with Crippen LogP contribution in [0.2, 0.25) is 0 Å². The predicted molar refractivity (Wildman–Crippen MR) is 82.9 cm³/mol. The highest BCUT2D eigenvalue weighted by molar-refractivity contribution is 7.97. The van der Waals surface area contributed by atoms with Gasteiger partial charge in [-0.25, -0.2) is 4.39 Å². The van der Waals surface area contributed by atoms with Gasteiger partial charge < -0.3 is 10.5 Å². The minimum Gasteiger partial charge on any atom is -0.496 e. The van der Waals surface area contributed by atoms with Crippen LogP contribution in [-0.2, 0) is 11.5 Å². The average Bonchev–Trinajstić information content (AvgIpc) is 2.48. The molecule has 21 heavy (non-hydrogen) atoms. The molecular weight excluding hydrogens is 289 g/mol. The number of halogens is 1. The van der Waals surface area contributed by atoms with Crippen LogP contribution in [-0.4, -0.2) is 13.0 Å². The number of nitrogens with two attached hydrogens (primary N) is 1. The molecule has 0 aromatic heterocycles. The average molecular weight is 305 g/mol. The Kier molecular flexibility index (Phi) is 5.22. The zero-order chi connectivity index (χ0) is 15.2. The van der Waals surface area contributed by atoms with Crippen LogP contribution in [0.25, 0.3) is 0 Å². The lowest BCUT2D eigenvalue weighted by Crippen LogP contribution is -2.10. The Morgan fingerprint density at radius 1 is 1.19 bits per heavy atom. The Balaban J connectivity index is 1.95. The van der Waals surface area contributed by atoms with Gasteiger partial charge in [0.1, 0.15) is 11.6 Å². The van der Waals surface area contributed by atoms with Crippen molar-refractivity contribution in [2.75, 3.05) is 7.11 Å². The first-order chi connectivity index (χ1) is 10.1. The molecule has 5 heteroatoms. The molecule has 0 fully saturated rings. The zero-order valence-corrected chi connectivity index (χ0v) is 12.5. The second kappa shape index (κ2) is 7.13. The fraction of sp³-hybridized carbons (Fsp3) is 0.188. The van der Waals surface area contributed by atoms with Gasteiger partial charge in [0.25, 0.3) is 0 Å². The Morgan fingerprint density at radius 3 is 2.52 bits per heavy atom. The smallest absolute Gasteiger partial charge is 0.248 e. The molecule has 1 amide bonds. The molecule has 0 saturated carbocycles. The Morgan fingerprint density at radius 2 is 1.90 bits per heavy atom. The van der Waals surface area contributed by atoms with Gasteiger partial charge in [0.15, 0.2) is 0 Å². The summed E-state index contributed by atoms with van der Waals surface area (Å²) in [6.45, 7) is 0. The number of primary amides is 1. The highest BCUT2D eigenvalue weighted by Crippen LogP contribution is 2.26. The maximum atomic E-state index is 13.2. The number of hydrogen-bond acceptors (Lipinski definition) is 3. The molecule has 0 unspecified atom stereocenters. The van der Waals surface area contributed by atoms with Crippen LogP contribution in [0.4, 0.5) is 4.39 Å². The van der Waals surface area contributed by atoms with Crippen molar-refractivity contribution in [3.8, 4) is 5.75 Å². The van der Waals surface area contributed by atoms with Crippen LogP contribution in [0, 0.1) is 5.82 Å². The summed E-state index contributed by atoms with van der Waals surface area (Å²) in [5.74, 6) is 1.40. The Labute approximate surface area is 127 Å². The van der Waals surface area contributed by atoms with E-state index in [0.29, 0.717) is 17.1 Å². The van der Waals surface area contributed by atoms with Gasteiger partial charge in [-0.3, -0.25) is 4.79 Å². The van der Waals surface area contributed by atoms with Gasteiger partial charge in [0, 0.05) is 22.6 Å². The molecule has 2 rings (SSSR count). The number of carbonyl (C=O) groups excluding carboxylic acids is 1. The van der Waals surface area contributed by atoms with E-state index in [1.165, 1.54) is 12.1 Å². The van der Waals surface area contributed by atoms with Crippen molar-refractivity contribution in [2.45, 2.75) is 11.5 Å². The lowest BCUT2D eigenvalue weighted by molar-refractivity contribution is 0.100. The van der Waals surface area contributed by atoms with E-state index >= 15 is 0 Å². The van der Waals surface area contributed by atoms with Crippen LogP contribution in [0.1, 0.15) is 21.5 Å². The number of carbonyl (C=O) groups is 1. The highest BCUT2D eigenvalue weighted by Gasteiger charge is 2.05. The standard InChI is InChI=1S/C16H16FNO2S/c1-20-15-7-6-14(17)8-13(15)10-21-9-11-2-4-12(5-3-11)16(18)19/h2-8H,9-10H2,1H3,(H2,18,19). The SMILES string of the molecule is COc1ccc(F)cc1CSCc1ccc(C(N)=O)cc1. The van der Waals surface area contributed by atoms with E-state index in [9.17, 15) is 9.18 Å². The van der Waals surface area contributed by atoms with Crippen molar-refractivity contribution >= 4 is 17.7 Å². The fourth-order valence-electron chi connectivity index (χ4n) is 1.90. The van der Waals surface area contributed by atoms with Crippen molar-refractivity contribution in [3.63, 3.8) is 0 Å². The zero-order valence-electron chi connectivity index (χ0n) is 11.6. The Bertz CT molecular complexity index is 629. The molecule has 0 saturated heterocycles. The number of methoxy groups -OCH3 is 1. The first-order valence-electron chi connectivity index (χ1n) is 6.39. The van der Waals surface area contributed by atoms with Crippen molar-refractivity contribution in [3.05, 3.63) is 65.0 Å². The van der Waals surface area contributed by atoms with Crippen molar-refractivity contribution in [1.29, 1.82) is 0 Å². The summed E-state index contributed by atoms with van der Waals surface area (Å²) in [4.78, 5) is 11.0. The second-order valence-electron chi connectivity index (χ2n) is 4.51. The first kappa shape index (κ1) is 15.4. The molecule has 2 aromatic rings. The number of benzene rings is 2. The van der Waals surface area contributed by atoms with E-state index in [0.717, 1.165) is 16.9 Å². The fourth-order valence-corrected chi connectivity index (χ4v) is 2.88. The summed E-state index contributed by atoms with van der Waals surface area (Å²) >= 11 is 1.65. The molecule has 0 bridgehead atoms. The van der Waals surface area contributed by atoms with E-state index in [4.69, 9.17) is 10.5 Å². The number of hydrogen-bond donors (Lipinski definition) is 1. The van der Waals surface area contributed by atoms with Gasteiger partial charge in [-0.05, 0) is 35.9 Å². The molecule has 2 aromatic carbocycles. The minimum absolute atomic E-state index is 0.266. The maximum Gasteiger partial charge on any atom is 0.248 e. The first-order valence-corrected chi connectivity index (χ1v) is 7.54. The molecule has 0 aliphatic heterocycles. The summed E-state index contributed by atoms with van der Waals surface area (Å²) in [5.41, 5.74) is 7.60. The monoisotopic (exact) mass is 305 g/mol. The summed E-state index contributed by atoms with van der Waals surface area (Å²) in [7, 11) is 1.57. The molecule has 2 N–H and O–H groups in total. The van der Waals surface area contributed by atoms with Gasteiger partial charge in [-0.2, -0.15) is 11.8 Å². The quantitative estimate of drug-likeness (QED) is 0.890. The summed E-state index contributed by atoms with van der Waals surface area (Å²) < 4.78 is 18.5. The molecule has 0 spiro atoms. The summed E-state index contributed by atoms with van der Waals surface area (Å²) in [5, 5.41) is 0. The normalized spacial score (nSPS) is 10.4. The topological polar surface area (TPSA) is 52.3 Å². The molecule has 0 aliphatic rings. The van der Waals surface area contributed by atoms with Crippen LogP contribution < -0.4 is 10.5 Å². The predicted octanol–water partition coefficient (Wildman–Crippen LogP) is 3.37. The molecule has 3 nitrogen and oxygen atoms in total. The number of ether oxygens (including phenoxy) is 1. The second-order valence-corrected chi connectivity index (χ2v) is 5.50. The van der Waals surface area contributed by atoms with Crippen LogP contribution in [0.15, 0.2) is 42.5 Å². The third-order valence-corrected chi connectivity index (χ3v) is 4.06. The largest absolute Gasteiger partial charge is 0.496 e. The molecule has 0 atom stereocenters. The maximum absolute atomic E-state index is 13.2. The number of thioether (sulfide) groups is 1. The van der Waals surface area contributed by atoms with E-state index in [1.807, 2.05) is 12.1 Å². The van der Waals surface area contributed by atoms with E-state index < -0.39 is 5.91 Å². The minimum atomic E-state index is -0.432. The molecule has 0 heterocycles. The van der Waals surface area contributed by atoms with E-state index in [-0.39, 0.29) is 5.82 Å². The van der Waals surface area contributed by atoms with Crippen molar-refractivity contribution in [2.24, 2.45) is 5.73 Å². The third kappa shape index (κ3) is 4.23. The lowest BCUT2D eigenvalue weighted by Gasteiger charge is -2.08. The van der Waals surface area contributed by atoms with Gasteiger partial charge in [-0.15, -0.1) is 0 Å². The third-order valence-electron chi connectivity index (χ3n) is 3.01. The lowest BCUT2D eigenvalue weighted by atomic mass is 10.1. The summed E-state index contributed by atoms with van der Waals surface area (Å²) in [6, 6.07) is 11.7. The molecule has 0 radical (unpaired) electrons. The van der Waals surface area contributed by atoms with Gasteiger partial charge in [0.2, 0.25) is 5.91 Å². The molecular formula is C16H16FNO2S. The number of amides is 1. The van der Waals surface area contributed by atoms with E-state index in [1.54, 1.807) is 37.1 Å².